The fraction of sp³-hybridized carbons (Fsp3) is 0.512. The minimum absolute atomic E-state index is 0.0430. The number of hydrogen-bond acceptors (Lipinski definition) is 6. The zero-order valence-corrected chi connectivity index (χ0v) is 29.3. The molecule has 3 unspecified atom stereocenters. The van der Waals surface area contributed by atoms with Gasteiger partial charge in [-0.15, -0.1) is 11.6 Å². The molecule has 5 aliphatic carbocycles. The van der Waals surface area contributed by atoms with Gasteiger partial charge in [0, 0.05) is 42.6 Å². The molecule has 3 aromatic rings. The van der Waals surface area contributed by atoms with E-state index in [4.69, 9.17) is 30.5 Å². The van der Waals surface area contributed by atoms with Crippen LogP contribution in [0.1, 0.15) is 74.8 Å². The lowest BCUT2D eigenvalue weighted by molar-refractivity contribution is -0.259. The maximum atomic E-state index is 13.7. The Morgan fingerprint density at radius 2 is 1.76 bits per heavy atom. The molecule has 2 heterocycles. The first-order valence-electron chi connectivity index (χ1n) is 18.4. The van der Waals surface area contributed by atoms with E-state index in [-0.39, 0.29) is 23.5 Å². The molecule has 9 heteroatoms. The SMILES string of the molecule is COc1ccc(/C=C/C(=O)N2CC(CCl)c3c2cc(NC(=O)OC2CCCC4(C2)OCC2(O4)C4CC5CC(C4)CC2C5)c2ccccc32)cc1. The highest BCUT2D eigenvalue weighted by molar-refractivity contribution is 6.19. The summed E-state index contributed by atoms with van der Waals surface area (Å²) in [6.45, 7) is 1.13. The molecular formula is C41H45ClN2O6. The second-order valence-corrected chi connectivity index (χ2v) is 15.9. The molecule has 2 aliphatic heterocycles. The zero-order valence-electron chi connectivity index (χ0n) is 28.6. The van der Waals surface area contributed by atoms with Gasteiger partial charge in [0.25, 0.3) is 5.91 Å². The number of carbonyl (C=O) groups excluding carboxylic acids is 2. The smallest absolute Gasteiger partial charge is 0.411 e. The first-order valence-corrected chi connectivity index (χ1v) is 19.0. The molecule has 4 bridgehead atoms. The van der Waals surface area contributed by atoms with Crippen molar-refractivity contribution in [3.63, 3.8) is 0 Å². The van der Waals surface area contributed by atoms with Crippen molar-refractivity contribution in [2.24, 2.45) is 23.7 Å². The summed E-state index contributed by atoms with van der Waals surface area (Å²) in [7, 11) is 1.63. The number of fused-ring (bicyclic) bond motifs is 3. The van der Waals surface area contributed by atoms with Gasteiger partial charge in [0.15, 0.2) is 5.79 Å². The summed E-state index contributed by atoms with van der Waals surface area (Å²) < 4.78 is 25.1. The minimum Gasteiger partial charge on any atom is -0.497 e. The second-order valence-electron chi connectivity index (χ2n) is 15.6. The number of rotatable bonds is 6. The largest absolute Gasteiger partial charge is 0.497 e. The van der Waals surface area contributed by atoms with Gasteiger partial charge in [-0.05, 0) is 109 Å². The van der Waals surface area contributed by atoms with Gasteiger partial charge in [-0.25, -0.2) is 4.79 Å². The molecule has 7 aliphatic rings. The van der Waals surface area contributed by atoms with Crippen LogP contribution in [-0.2, 0) is 19.0 Å². The van der Waals surface area contributed by atoms with Crippen LogP contribution >= 0.6 is 11.6 Å². The Balaban J connectivity index is 0.927. The van der Waals surface area contributed by atoms with E-state index in [9.17, 15) is 9.59 Å². The van der Waals surface area contributed by atoms with Crippen LogP contribution in [0.4, 0.5) is 16.2 Å². The van der Waals surface area contributed by atoms with Gasteiger partial charge in [0.1, 0.15) is 17.5 Å². The van der Waals surface area contributed by atoms with Gasteiger partial charge in [-0.1, -0.05) is 36.4 Å². The van der Waals surface area contributed by atoms with Crippen LogP contribution in [0.5, 0.6) is 5.75 Å². The summed E-state index contributed by atoms with van der Waals surface area (Å²) in [5.41, 5.74) is 3.10. The summed E-state index contributed by atoms with van der Waals surface area (Å²) in [5.74, 6) is 3.19. The van der Waals surface area contributed by atoms with E-state index in [0.717, 1.165) is 64.4 Å². The van der Waals surface area contributed by atoms with Crippen LogP contribution in [0.2, 0.25) is 0 Å². The van der Waals surface area contributed by atoms with E-state index in [0.29, 0.717) is 43.0 Å². The number of alkyl halides is 1. The number of halogens is 1. The number of benzene rings is 3. The van der Waals surface area contributed by atoms with E-state index in [1.807, 2.05) is 54.6 Å². The van der Waals surface area contributed by atoms with Crippen LogP contribution in [0.25, 0.3) is 16.8 Å². The van der Waals surface area contributed by atoms with E-state index < -0.39 is 11.9 Å². The topological polar surface area (TPSA) is 86.3 Å². The second kappa shape index (κ2) is 12.6. The molecule has 262 valence electrons. The van der Waals surface area contributed by atoms with Crippen molar-refractivity contribution in [1.29, 1.82) is 0 Å². The Morgan fingerprint density at radius 3 is 2.48 bits per heavy atom. The van der Waals surface area contributed by atoms with Crippen molar-refractivity contribution in [3.05, 3.63) is 71.8 Å². The number of methoxy groups -OCH3 is 1. The Morgan fingerprint density at radius 1 is 1.02 bits per heavy atom. The summed E-state index contributed by atoms with van der Waals surface area (Å²) in [6, 6.07) is 17.4. The lowest BCUT2D eigenvalue weighted by Gasteiger charge is -2.59. The molecule has 0 radical (unpaired) electrons. The number of anilines is 2. The third kappa shape index (κ3) is 5.49. The van der Waals surface area contributed by atoms with Crippen molar-refractivity contribution >= 4 is 51.8 Å². The third-order valence-corrected chi connectivity index (χ3v) is 13.1. The van der Waals surface area contributed by atoms with Gasteiger partial charge >= 0.3 is 6.09 Å². The number of nitrogens with zero attached hydrogens (tertiary/aromatic N) is 1. The monoisotopic (exact) mass is 696 g/mol. The van der Waals surface area contributed by atoms with Crippen molar-refractivity contribution < 1.29 is 28.5 Å². The molecule has 0 aromatic heterocycles. The lowest BCUT2D eigenvalue weighted by atomic mass is 9.50. The maximum absolute atomic E-state index is 13.7. The van der Waals surface area contributed by atoms with Crippen molar-refractivity contribution in [2.75, 3.05) is 36.4 Å². The lowest BCUT2D eigenvalue weighted by Crippen LogP contribution is -2.60. The van der Waals surface area contributed by atoms with Crippen molar-refractivity contribution in [1.82, 2.24) is 0 Å². The van der Waals surface area contributed by atoms with Crippen LogP contribution in [0.15, 0.2) is 60.7 Å². The average molecular weight is 697 g/mol. The number of nitrogens with one attached hydrogen (secondary N) is 1. The molecule has 6 fully saturated rings. The van der Waals surface area contributed by atoms with E-state index in [1.54, 1.807) is 24.2 Å². The summed E-state index contributed by atoms with van der Waals surface area (Å²) in [5, 5.41) is 4.90. The van der Waals surface area contributed by atoms with Gasteiger partial charge in [-0.3, -0.25) is 10.1 Å². The molecule has 2 amide bonds. The van der Waals surface area contributed by atoms with Crippen LogP contribution in [0, 0.1) is 23.7 Å². The minimum atomic E-state index is -0.671. The highest BCUT2D eigenvalue weighted by atomic mass is 35.5. The standard InChI is InChI=1S/C41H45ClN2O6/c1-47-31-11-8-25(9-12-31)10-13-37(45)44-23-28(22-42)38-34-7-3-2-6-33(34)35(20-36(38)44)43-39(46)49-32-5-4-14-40(21-32)48-24-41(50-40)29-16-26-15-27(18-29)19-30(41)17-26/h2-3,6-13,20,26-30,32H,4-5,14-19,21-24H2,1H3,(H,43,46)/b13-10+. The van der Waals surface area contributed by atoms with Crippen LogP contribution in [-0.4, -0.2) is 55.6 Å². The van der Waals surface area contributed by atoms with Gasteiger partial charge in [0.05, 0.1) is 25.1 Å². The molecule has 1 N–H and O–H groups in total. The first-order chi connectivity index (χ1) is 24.3. The van der Waals surface area contributed by atoms with Crippen LogP contribution < -0.4 is 15.0 Å². The molecule has 1 saturated heterocycles. The molecular weight excluding hydrogens is 652 g/mol. The van der Waals surface area contributed by atoms with Crippen molar-refractivity contribution in [2.45, 2.75) is 81.2 Å². The normalized spacial score (nSPS) is 33.8. The fourth-order valence-corrected chi connectivity index (χ4v) is 10.9. The number of ether oxygens (including phenoxy) is 4. The quantitative estimate of drug-likeness (QED) is 0.205. The Hall–Kier alpha value is -3.59. The Kier molecular flexibility index (Phi) is 8.13. The summed E-state index contributed by atoms with van der Waals surface area (Å²) >= 11 is 6.50. The third-order valence-electron chi connectivity index (χ3n) is 12.7. The van der Waals surface area contributed by atoms with Gasteiger partial charge < -0.3 is 23.8 Å². The van der Waals surface area contributed by atoms with Gasteiger partial charge in [0.2, 0.25) is 0 Å². The Labute approximate surface area is 298 Å². The molecule has 2 spiro atoms. The van der Waals surface area contributed by atoms with E-state index in [1.165, 1.54) is 32.1 Å². The highest BCUT2D eigenvalue weighted by Crippen LogP contribution is 2.63. The van der Waals surface area contributed by atoms with Crippen molar-refractivity contribution in [3.8, 4) is 5.75 Å². The molecule has 8 nitrogen and oxygen atoms in total. The Bertz CT molecular complexity index is 1810. The predicted octanol–water partition coefficient (Wildman–Crippen LogP) is 8.66. The van der Waals surface area contributed by atoms with E-state index >= 15 is 0 Å². The number of amides is 2. The fourth-order valence-electron chi connectivity index (χ4n) is 10.7. The molecule has 3 aromatic carbocycles. The molecule has 10 rings (SSSR count). The average Bonchev–Trinajstić information content (AvgIpc) is 3.69. The van der Waals surface area contributed by atoms with Crippen LogP contribution in [0.3, 0.4) is 0 Å². The summed E-state index contributed by atoms with van der Waals surface area (Å²) in [4.78, 5) is 29.0. The molecule has 50 heavy (non-hydrogen) atoms. The molecule has 3 atom stereocenters. The highest BCUT2D eigenvalue weighted by Gasteiger charge is 2.64. The zero-order chi connectivity index (χ0) is 34.0. The first kappa shape index (κ1) is 32.3. The summed E-state index contributed by atoms with van der Waals surface area (Å²) in [6.07, 6.45) is 12.1. The molecule has 5 saturated carbocycles. The van der Waals surface area contributed by atoms with Gasteiger partial charge in [-0.2, -0.15) is 0 Å². The van der Waals surface area contributed by atoms with E-state index in [2.05, 4.69) is 5.32 Å². The maximum Gasteiger partial charge on any atom is 0.411 e. The predicted molar refractivity (Wildman–Crippen MR) is 194 cm³/mol. The number of hydrogen-bond donors (Lipinski definition) is 1. The number of carbonyl (C=O) groups is 2.